The van der Waals surface area contributed by atoms with Gasteiger partial charge in [-0.3, -0.25) is 0 Å². The second kappa shape index (κ2) is 5.59. The lowest BCUT2D eigenvalue weighted by Gasteiger charge is -2.08. The fraction of sp³-hybridized carbons (Fsp3) is 0.0769. The van der Waals surface area contributed by atoms with Gasteiger partial charge in [0.2, 0.25) is 0 Å². The fourth-order valence-electron chi connectivity index (χ4n) is 1.40. The number of nitrogens with zero attached hydrogens (tertiary/aromatic N) is 1. The molecule has 0 unspecified atom stereocenters. The Labute approximate surface area is 108 Å². The summed E-state index contributed by atoms with van der Waals surface area (Å²) >= 11 is 3.34. The first-order valence-corrected chi connectivity index (χ1v) is 5.88. The summed E-state index contributed by atoms with van der Waals surface area (Å²) < 4.78 is 6.36. The zero-order valence-corrected chi connectivity index (χ0v) is 10.6. The van der Waals surface area contributed by atoms with E-state index in [0.29, 0.717) is 18.0 Å². The monoisotopic (exact) mass is 291 g/mol. The minimum Gasteiger partial charge on any atom is -0.488 e. The average molecular weight is 292 g/mol. The predicted molar refractivity (Wildman–Crippen MR) is 70.4 cm³/mol. The Morgan fingerprint density at radius 1 is 1.12 bits per heavy atom. The average Bonchev–Trinajstić information content (AvgIpc) is 2.38. The third kappa shape index (κ3) is 3.14. The Hall–Kier alpha value is -1.68. The molecule has 0 atom stereocenters. The molecule has 86 valence electrons. The first-order valence-electron chi connectivity index (χ1n) is 5.09. The Bertz CT molecular complexity index is 514. The third-order valence-corrected chi connectivity index (χ3v) is 2.88. The molecule has 0 saturated carbocycles. The summed E-state index contributed by atoms with van der Waals surface area (Å²) in [6.45, 7) is 0.493. The fourth-order valence-corrected chi connectivity index (χ4v) is 1.88. The van der Waals surface area contributed by atoms with E-state index in [9.17, 15) is 4.91 Å². The van der Waals surface area contributed by atoms with Gasteiger partial charge >= 0.3 is 0 Å². The molecule has 0 spiro atoms. The summed E-state index contributed by atoms with van der Waals surface area (Å²) in [5.74, 6) is 0.696. The zero-order valence-electron chi connectivity index (χ0n) is 8.97. The van der Waals surface area contributed by atoms with E-state index in [1.54, 1.807) is 18.2 Å². The molecule has 0 heterocycles. The molecule has 0 aliphatic heterocycles. The second-order valence-electron chi connectivity index (χ2n) is 3.48. The van der Waals surface area contributed by atoms with E-state index in [1.807, 2.05) is 30.3 Å². The number of hydrogen-bond acceptors (Lipinski definition) is 3. The lowest BCUT2D eigenvalue weighted by Crippen LogP contribution is -1.95. The molecule has 4 heteroatoms. The molecule has 0 aliphatic carbocycles. The van der Waals surface area contributed by atoms with Crippen LogP contribution < -0.4 is 4.74 Å². The molecule has 2 rings (SSSR count). The van der Waals surface area contributed by atoms with Crippen molar-refractivity contribution >= 4 is 21.6 Å². The maximum atomic E-state index is 10.3. The maximum Gasteiger partial charge on any atom is 0.134 e. The molecule has 0 bridgehead atoms. The van der Waals surface area contributed by atoms with Gasteiger partial charge in [-0.1, -0.05) is 30.3 Å². The van der Waals surface area contributed by atoms with E-state index >= 15 is 0 Å². The van der Waals surface area contributed by atoms with Gasteiger partial charge in [0.05, 0.1) is 4.47 Å². The van der Waals surface area contributed by atoms with Crippen LogP contribution in [0, 0.1) is 4.91 Å². The zero-order chi connectivity index (χ0) is 12.1. The molecule has 0 N–H and O–H groups in total. The van der Waals surface area contributed by atoms with Gasteiger partial charge in [0.15, 0.2) is 0 Å². The number of hydrogen-bond donors (Lipinski definition) is 0. The number of ether oxygens (including phenoxy) is 1. The predicted octanol–water partition coefficient (Wildman–Crippen LogP) is 4.43. The number of halogens is 1. The highest BCUT2D eigenvalue weighted by Gasteiger charge is 2.03. The van der Waals surface area contributed by atoms with Crippen molar-refractivity contribution in [3.63, 3.8) is 0 Å². The quantitative estimate of drug-likeness (QED) is 0.782. The lowest BCUT2D eigenvalue weighted by molar-refractivity contribution is 0.304. The molecule has 0 amide bonds. The second-order valence-corrected chi connectivity index (χ2v) is 4.33. The van der Waals surface area contributed by atoms with Gasteiger partial charge < -0.3 is 4.74 Å². The molecule has 0 fully saturated rings. The normalized spacial score (nSPS) is 9.94. The van der Waals surface area contributed by atoms with Crippen LogP contribution in [0.1, 0.15) is 5.56 Å². The summed E-state index contributed by atoms with van der Waals surface area (Å²) in [5, 5.41) is 2.86. The Balaban J connectivity index is 2.07. The highest BCUT2D eigenvalue weighted by atomic mass is 79.9. The van der Waals surface area contributed by atoms with Gasteiger partial charge in [0.25, 0.3) is 0 Å². The largest absolute Gasteiger partial charge is 0.488 e. The lowest BCUT2D eigenvalue weighted by atomic mass is 10.2. The standard InChI is InChI=1S/C13H10BrNO2/c14-12-8-11(15-16)6-7-13(12)17-9-10-4-2-1-3-5-10/h1-8H,9H2. The molecule has 2 aromatic carbocycles. The highest BCUT2D eigenvalue weighted by Crippen LogP contribution is 2.29. The summed E-state index contributed by atoms with van der Waals surface area (Å²) in [7, 11) is 0. The molecule has 0 aromatic heterocycles. The minimum absolute atomic E-state index is 0.379. The van der Waals surface area contributed by atoms with E-state index in [1.165, 1.54) is 0 Å². The summed E-state index contributed by atoms with van der Waals surface area (Å²) in [4.78, 5) is 10.3. The van der Waals surface area contributed by atoms with E-state index in [0.717, 1.165) is 10.0 Å². The van der Waals surface area contributed by atoms with E-state index < -0.39 is 0 Å². The molecule has 2 aromatic rings. The van der Waals surface area contributed by atoms with Crippen LogP contribution in [0.4, 0.5) is 5.69 Å². The summed E-state index contributed by atoms with van der Waals surface area (Å²) in [6, 6.07) is 14.9. The van der Waals surface area contributed by atoms with Gasteiger partial charge in [0.1, 0.15) is 18.0 Å². The van der Waals surface area contributed by atoms with Gasteiger partial charge in [-0.2, -0.15) is 0 Å². The number of nitroso groups, excluding NO2 is 1. The van der Waals surface area contributed by atoms with E-state index in [4.69, 9.17) is 4.74 Å². The highest BCUT2D eigenvalue weighted by molar-refractivity contribution is 9.10. The molecule has 0 saturated heterocycles. The molecule has 0 aliphatic rings. The van der Waals surface area contributed by atoms with Crippen molar-refractivity contribution in [1.82, 2.24) is 0 Å². The number of benzene rings is 2. The van der Waals surface area contributed by atoms with Crippen LogP contribution in [0.3, 0.4) is 0 Å². The first kappa shape index (κ1) is 11.8. The van der Waals surface area contributed by atoms with Crippen LogP contribution in [0.2, 0.25) is 0 Å². The minimum atomic E-state index is 0.379. The van der Waals surface area contributed by atoms with Crippen molar-refractivity contribution in [2.45, 2.75) is 6.61 Å². The van der Waals surface area contributed by atoms with E-state index in [2.05, 4.69) is 21.1 Å². The van der Waals surface area contributed by atoms with Crippen LogP contribution in [0.25, 0.3) is 0 Å². The van der Waals surface area contributed by atoms with Gasteiger partial charge in [0, 0.05) is 0 Å². The Kier molecular flexibility index (Phi) is 3.88. The van der Waals surface area contributed by atoms with Crippen molar-refractivity contribution in [3.8, 4) is 5.75 Å². The molecule has 0 radical (unpaired) electrons. The van der Waals surface area contributed by atoms with Crippen LogP contribution in [0.15, 0.2) is 58.2 Å². The first-order chi connectivity index (χ1) is 8.29. The SMILES string of the molecule is O=Nc1ccc(OCc2ccccc2)c(Br)c1. The number of rotatable bonds is 4. The van der Waals surface area contributed by atoms with Crippen molar-refractivity contribution in [2.75, 3.05) is 0 Å². The van der Waals surface area contributed by atoms with Crippen molar-refractivity contribution in [1.29, 1.82) is 0 Å². The maximum absolute atomic E-state index is 10.3. The topological polar surface area (TPSA) is 38.7 Å². The van der Waals surface area contributed by atoms with E-state index in [-0.39, 0.29) is 0 Å². The molecular weight excluding hydrogens is 282 g/mol. The molecule has 17 heavy (non-hydrogen) atoms. The summed E-state index contributed by atoms with van der Waals surface area (Å²) in [6.07, 6.45) is 0. The summed E-state index contributed by atoms with van der Waals surface area (Å²) in [5.41, 5.74) is 1.47. The van der Waals surface area contributed by atoms with Crippen molar-refractivity contribution in [3.05, 3.63) is 63.5 Å². The third-order valence-electron chi connectivity index (χ3n) is 2.26. The Morgan fingerprint density at radius 3 is 2.53 bits per heavy atom. The van der Waals surface area contributed by atoms with Gasteiger partial charge in [-0.15, -0.1) is 4.91 Å². The van der Waals surface area contributed by atoms with Gasteiger partial charge in [-0.25, -0.2) is 0 Å². The Morgan fingerprint density at radius 2 is 1.88 bits per heavy atom. The van der Waals surface area contributed by atoms with Gasteiger partial charge in [-0.05, 0) is 44.9 Å². The van der Waals surface area contributed by atoms with Crippen LogP contribution in [-0.4, -0.2) is 0 Å². The van der Waals surface area contributed by atoms with Crippen LogP contribution >= 0.6 is 15.9 Å². The van der Waals surface area contributed by atoms with Crippen molar-refractivity contribution < 1.29 is 4.74 Å². The molecule has 3 nitrogen and oxygen atoms in total. The van der Waals surface area contributed by atoms with Crippen LogP contribution in [-0.2, 0) is 6.61 Å². The molecular formula is C13H10BrNO2. The van der Waals surface area contributed by atoms with Crippen molar-refractivity contribution in [2.24, 2.45) is 5.18 Å². The van der Waals surface area contributed by atoms with Crippen LogP contribution in [0.5, 0.6) is 5.75 Å². The smallest absolute Gasteiger partial charge is 0.134 e.